The Bertz CT molecular complexity index is 661. The summed E-state index contributed by atoms with van der Waals surface area (Å²) in [6.45, 7) is 5.78. The van der Waals surface area contributed by atoms with Crippen molar-refractivity contribution >= 4 is 27.5 Å². The SMILES string of the molecule is CC(C)C1=NCCN(C)C2=C1C(c1ccc(Br)cc1)NC2=O. The van der Waals surface area contributed by atoms with Crippen molar-refractivity contribution in [1.29, 1.82) is 0 Å². The second-order valence-electron chi connectivity index (χ2n) is 6.06. The van der Waals surface area contributed by atoms with E-state index in [0.717, 1.165) is 40.1 Å². The van der Waals surface area contributed by atoms with Crippen LogP contribution in [0.2, 0.25) is 0 Å². The maximum Gasteiger partial charge on any atom is 0.268 e. The molecule has 1 aromatic rings. The molecule has 1 atom stereocenters. The number of likely N-dealkylation sites (N-methyl/N-ethyl adjacent to an activating group) is 1. The van der Waals surface area contributed by atoms with Crippen molar-refractivity contribution < 1.29 is 4.79 Å². The van der Waals surface area contributed by atoms with Crippen LogP contribution in [0.15, 0.2) is 45.0 Å². The van der Waals surface area contributed by atoms with Gasteiger partial charge < -0.3 is 10.2 Å². The van der Waals surface area contributed by atoms with Gasteiger partial charge in [0.1, 0.15) is 5.70 Å². The molecule has 22 heavy (non-hydrogen) atoms. The first-order valence-corrected chi connectivity index (χ1v) is 8.34. The standard InChI is InChI=1S/C17H20BrN3O/c1-10(2)14-13-15(11-4-6-12(18)7-5-11)20-17(22)16(13)21(3)9-8-19-14/h4-7,10,15H,8-9H2,1-3H3,(H,20,22). The second-order valence-corrected chi connectivity index (χ2v) is 6.98. The smallest absolute Gasteiger partial charge is 0.268 e. The molecule has 1 aromatic carbocycles. The van der Waals surface area contributed by atoms with Gasteiger partial charge in [-0.2, -0.15) is 0 Å². The topological polar surface area (TPSA) is 44.7 Å². The second kappa shape index (κ2) is 5.88. The van der Waals surface area contributed by atoms with Crippen molar-refractivity contribution in [2.45, 2.75) is 19.9 Å². The molecule has 0 fully saturated rings. The minimum absolute atomic E-state index is 0.000619. The molecule has 0 saturated heterocycles. The van der Waals surface area contributed by atoms with E-state index in [0.29, 0.717) is 5.92 Å². The van der Waals surface area contributed by atoms with Crippen molar-refractivity contribution in [1.82, 2.24) is 10.2 Å². The van der Waals surface area contributed by atoms with Crippen LogP contribution < -0.4 is 5.32 Å². The summed E-state index contributed by atoms with van der Waals surface area (Å²) in [4.78, 5) is 19.3. The number of carbonyl (C=O) groups excluding carboxylic acids is 1. The maximum atomic E-state index is 12.5. The summed E-state index contributed by atoms with van der Waals surface area (Å²) in [5, 5.41) is 3.12. The van der Waals surface area contributed by atoms with Gasteiger partial charge in [-0.25, -0.2) is 0 Å². The highest BCUT2D eigenvalue weighted by atomic mass is 79.9. The number of hydrogen-bond acceptors (Lipinski definition) is 3. The van der Waals surface area contributed by atoms with E-state index in [9.17, 15) is 4.79 Å². The number of halogens is 1. The van der Waals surface area contributed by atoms with Crippen LogP contribution in [0, 0.1) is 5.92 Å². The summed E-state index contributed by atoms with van der Waals surface area (Å²) in [5.41, 5.74) is 3.95. The number of benzene rings is 1. The molecular weight excluding hydrogens is 342 g/mol. The molecule has 116 valence electrons. The highest BCUT2D eigenvalue weighted by molar-refractivity contribution is 9.10. The van der Waals surface area contributed by atoms with Crippen LogP contribution >= 0.6 is 15.9 Å². The minimum atomic E-state index is -0.114. The van der Waals surface area contributed by atoms with Gasteiger partial charge >= 0.3 is 0 Å². The summed E-state index contributed by atoms with van der Waals surface area (Å²) in [5.74, 6) is 0.294. The lowest BCUT2D eigenvalue weighted by Crippen LogP contribution is -2.29. The van der Waals surface area contributed by atoms with E-state index in [-0.39, 0.29) is 11.9 Å². The summed E-state index contributed by atoms with van der Waals surface area (Å²) < 4.78 is 1.03. The lowest BCUT2D eigenvalue weighted by atomic mass is 9.90. The third kappa shape index (κ3) is 2.58. The average molecular weight is 362 g/mol. The zero-order chi connectivity index (χ0) is 15.9. The first kappa shape index (κ1) is 15.3. The first-order valence-electron chi connectivity index (χ1n) is 7.55. The molecule has 3 rings (SSSR count). The largest absolute Gasteiger partial charge is 0.368 e. The van der Waals surface area contributed by atoms with Crippen LogP contribution in [0.1, 0.15) is 25.5 Å². The molecule has 4 nitrogen and oxygen atoms in total. The van der Waals surface area contributed by atoms with Crippen molar-refractivity contribution in [3.05, 3.63) is 45.6 Å². The fraction of sp³-hybridized carbons (Fsp3) is 0.412. The highest BCUT2D eigenvalue weighted by Crippen LogP contribution is 2.35. The van der Waals surface area contributed by atoms with Crippen LogP contribution in [0.4, 0.5) is 0 Å². The Morgan fingerprint density at radius 2 is 2.00 bits per heavy atom. The fourth-order valence-electron chi connectivity index (χ4n) is 3.10. The van der Waals surface area contributed by atoms with Crippen LogP contribution in [-0.2, 0) is 4.79 Å². The molecule has 0 saturated carbocycles. The van der Waals surface area contributed by atoms with E-state index in [1.54, 1.807) is 0 Å². The Labute approximate surface area is 139 Å². The lowest BCUT2D eigenvalue weighted by Gasteiger charge is -2.20. The Balaban J connectivity index is 2.12. The number of amides is 1. The van der Waals surface area contributed by atoms with Gasteiger partial charge in [-0.1, -0.05) is 41.9 Å². The molecule has 2 aliphatic rings. The van der Waals surface area contributed by atoms with Gasteiger partial charge in [0.25, 0.3) is 5.91 Å². The van der Waals surface area contributed by atoms with Crippen LogP contribution in [-0.4, -0.2) is 36.7 Å². The Kier molecular flexibility index (Phi) is 4.08. The molecule has 0 aromatic heterocycles. The molecule has 1 N–H and O–H groups in total. The van der Waals surface area contributed by atoms with Gasteiger partial charge in [-0.3, -0.25) is 9.79 Å². The van der Waals surface area contributed by atoms with Gasteiger partial charge in [0, 0.05) is 29.3 Å². The molecule has 0 aliphatic carbocycles. The van der Waals surface area contributed by atoms with Crippen LogP contribution in [0.25, 0.3) is 0 Å². The van der Waals surface area contributed by atoms with Gasteiger partial charge in [-0.15, -0.1) is 0 Å². The number of nitrogens with one attached hydrogen (secondary N) is 1. The molecule has 0 radical (unpaired) electrons. The van der Waals surface area contributed by atoms with Crippen molar-refractivity contribution in [2.24, 2.45) is 10.9 Å². The van der Waals surface area contributed by atoms with Crippen LogP contribution in [0.5, 0.6) is 0 Å². The first-order chi connectivity index (χ1) is 10.5. The molecular formula is C17H20BrN3O. The summed E-state index contributed by atoms with van der Waals surface area (Å²) in [6.07, 6.45) is 0. The fourth-order valence-corrected chi connectivity index (χ4v) is 3.36. The van der Waals surface area contributed by atoms with Crippen molar-refractivity contribution in [3.8, 4) is 0 Å². The van der Waals surface area contributed by atoms with Gasteiger partial charge in [-0.05, 0) is 23.6 Å². The number of hydrogen-bond donors (Lipinski definition) is 1. The molecule has 2 heterocycles. The Hall–Kier alpha value is -1.62. The quantitative estimate of drug-likeness (QED) is 0.879. The number of aliphatic imine (C=N–C) groups is 1. The van der Waals surface area contributed by atoms with E-state index < -0.39 is 0 Å². The summed E-state index contributed by atoms with van der Waals surface area (Å²) in [6, 6.07) is 8.00. The molecule has 1 unspecified atom stereocenters. The number of nitrogens with zero attached hydrogens (tertiary/aromatic N) is 2. The van der Waals surface area contributed by atoms with Gasteiger partial charge in [0.05, 0.1) is 12.6 Å². The van der Waals surface area contributed by atoms with Gasteiger partial charge in [0.2, 0.25) is 0 Å². The van der Waals surface area contributed by atoms with E-state index in [1.165, 1.54) is 0 Å². The predicted molar refractivity (Wildman–Crippen MR) is 91.8 cm³/mol. The third-order valence-corrected chi connectivity index (χ3v) is 4.69. The highest BCUT2D eigenvalue weighted by Gasteiger charge is 2.38. The van der Waals surface area contributed by atoms with Crippen molar-refractivity contribution in [3.63, 3.8) is 0 Å². The van der Waals surface area contributed by atoms with E-state index >= 15 is 0 Å². The maximum absolute atomic E-state index is 12.5. The van der Waals surface area contributed by atoms with Crippen LogP contribution in [0.3, 0.4) is 0 Å². The Morgan fingerprint density at radius 3 is 2.64 bits per heavy atom. The number of carbonyl (C=O) groups is 1. The molecule has 5 heteroatoms. The molecule has 0 bridgehead atoms. The van der Waals surface area contributed by atoms with E-state index in [4.69, 9.17) is 4.99 Å². The molecule has 2 aliphatic heterocycles. The average Bonchev–Trinajstić information content (AvgIpc) is 2.70. The molecule has 1 amide bonds. The minimum Gasteiger partial charge on any atom is -0.368 e. The predicted octanol–water partition coefficient (Wildman–Crippen LogP) is 2.92. The van der Waals surface area contributed by atoms with E-state index in [1.807, 2.05) is 36.2 Å². The normalized spacial score (nSPS) is 21.7. The van der Waals surface area contributed by atoms with Gasteiger partial charge in [0.15, 0.2) is 0 Å². The lowest BCUT2D eigenvalue weighted by molar-refractivity contribution is -0.118. The zero-order valence-electron chi connectivity index (χ0n) is 13.1. The summed E-state index contributed by atoms with van der Waals surface area (Å²) >= 11 is 3.46. The van der Waals surface area contributed by atoms with E-state index in [2.05, 4.69) is 35.1 Å². The summed E-state index contributed by atoms with van der Waals surface area (Å²) in [7, 11) is 1.97. The molecule has 0 spiro atoms. The number of rotatable bonds is 2. The Morgan fingerprint density at radius 1 is 1.32 bits per heavy atom. The third-order valence-electron chi connectivity index (χ3n) is 4.16. The van der Waals surface area contributed by atoms with Crippen molar-refractivity contribution in [2.75, 3.05) is 20.1 Å². The zero-order valence-corrected chi connectivity index (χ0v) is 14.6. The monoisotopic (exact) mass is 361 g/mol.